The summed E-state index contributed by atoms with van der Waals surface area (Å²) in [7, 11) is 0. The Morgan fingerprint density at radius 1 is 1.40 bits per heavy atom. The molecule has 1 fully saturated rings. The van der Waals surface area contributed by atoms with Crippen molar-refractivity contribution in [2.24, 2.45) is 11.8 Å². The summed E-state index contributed by atoms with van der Waals surface area (Å²) in [5.41, 5.74) is -0.101. The van der Waals surface area contributed by atoms with Crippen molar-refractivity contribution in [3.05, 3.63) is 29.6 Å². The summed E-state index contributed by atoms with van der Waals surface area (Å²) in [4.78, 5) is 22.5. The SMILES string of the molecule is CC1CCC(CC(=O)Nc2ccc(C(=O)O)cc2F)C1. The van der Waals surface area contributed by atoms with Gasteiger partial charge in [0, 0.05) is 6.42 Å². The summed E-state index contributed by atoms with van der Waals surface area (Å²) in [6, 6.07) is 3.47. The van der Waals surface area contributed by atoms with Gasteiger partial charge in [-0.1, -0.05) is 13.3 Å². The molecule has 1 aromatic rings. The van der Waals surface area contributed by atoms with Crippen molar-refractivity contribution in [1.82, 2.24) is 0 Å². The maximum atomic E-state index is 13.7. The second-order valence-electron chi connectivity index (χ2n) is 5.54. The van der Waals surface area contributed by atoms with Crippen molar-refractivity contribution in [1.29, 1.82) is 0 Å². The number of benzene rings is 1. The summed E-state index contributed by atoms with van der Waals surface area (Å²) in [5.74, 6) is -1.11. The smallest absolute Gasteiger partial charge is 0.335 e. The highest BCUT2D eigenvalue weighted by Gasteiger charge is 2.23. The second-order valence-corrected chi connectivity index (χ2v) is 5.54. The fraction of sp³-hybridized carbons (Fsp3) is 0.467. The lowest BCUT2D eigenvalue weighted by Gasteiger charge is -2.11. The molecule has 108 valence electrons. The average Bonchev–Trinajstić information content (AvgIpc) is 2.77. The number of amides is 1. The Hall–Kier alpha value is -1.91. The Morgan fingerprint density at radius 2 is 2.15 bits per heavy atom. The van der Waals surface area contributed by atoms with Crippen molar-refractivity contribution in [2.45, 2.75) is 32.6 Å². The van der Waals surface area contributed by atoms with Gasteiger partial charge < -0.3 is 10.4 Å². The number of carbonyl (C=O) groups excluding carboxylic acids is 1. The lowest BCUT2D eigenvalue weighted by molar-refractivity contribution is -0.117. The molecule has 1 amide bonds. The molecule has 4 nitrogen and oxygen atoms in total. The van der Waals surface area contributed by atoms with Crippen LogP contribution in [0.3, 0.4) is 0 Å². The highest BCUT2D eigenvalue weighted by molar-refractivity contribution is 5.92. The van der Waals surface area contributed by atoms with E-state index in [-0.39, 0.29) is 17.2 Å². The van der Waals surface area contributed by atoms with Crippen LogP contribution in [-0.2, 0) is 4.79 Å². The van der Waals surface area contributed by atoms with Gasteiger partial charge in [0.05, 0.1) is 11.3 Å². The topological polar surface area (TPSA) is 66.4 Å². The molecule has 5 heteroatoms. The molecule has 0 radical (unpaired) electrons. The number of aromatic carboxylic acids is 1. The minimum atomic E-state index is -1.19. The van der Waals surface area contributed by atoms with Gasteiger partial charge in [-0.25, -0.2) is 9.18 Å². The first-order valence-corrected chi connectivity index (χ1v) is 6.78. The minimum absolute atomic E-state index is 0.0334. The van der Waals surface area contributed by atoms with Crippen LogP contribution in [0, 0.1) is 17.7 Å². The van der Waals surface area contributed by atoms with Gasteiger partial charge in [-0.05, 0) is 42.9 Å². The first-order chi connectivity index (χ1) is 9.45. The fourth-order valence-corrected chi connectivity index (χ4v) is 2.72. The van der Waals surface area contributed by atoms with Gasteiger partial charge in [-0.15, -0.1) is 0 Å². The number of hydrogen-bond donors (Lipinski definition) is 2. The van der Waals surface area contributed by atoms with E-state index in [1.54, 1.807) is 0 Å². The predicted octanol–water partition coefficient (Wildman–Crippen LogP) is 3.29. The lowest BCUT2D eigenvalue weighted by atomic mass is 10.0. The van der Waals surface area contributed by atoms with Crippen LogP contribution in [0.1, 0.15) is 43.0 Å². The molecule has 2 atom stereocenters. The number of nitrogens with one attached hydrogen (secondary N) is 1. The van der Waals surface area contributed by atoms with Gasteiger partial charge in [0.15, 0.2) is 0 Å². The van der Waals surface area contributed by atoms with Crippen LogP contribution < -0.4 is 5.32 Å². The molecular weight excluding hydrogens is 261 g/mol. The molecule has 0 aliphatic heterocycles. The first-order valence-electron chi connectivity index (χ1n) is 6.78. The predicted molar refractivity (Wildman–Crippen MR) is 73.1 cm³/mol. The van der Waals surface area contributed by atoms with Gasteiger partial charge in [-0.3, -0.25) is 4.79 Å². The van der Waals surface area contributed by atoms with Gasteiger partial charge in [0.2, 0.25) is 5.91 Å². The molecule has 1 saturated carbocycles. The Bertz CT molecular complexity index is 530. The molecule has 0 aromatic heterocycles. The van der Waals surface area contributed by atoms with Crippen molar-refractivity contribution < 1.29 is 19.1 Å². The largest absolute Gasteiger partial charge is 0.478 e. The van der Waals surface area contributed by atoms with Crippen molar-refractivity contribution in [2.75, 3.05) is 5.32 Å². The molecule has 0 spiro atoms. The zero-order valence-electron chi connectivity index (χ0n) is 11.4. The van der Waals surface area contributed by atoms with E-state index in [0.717, 1.165) is 25.3 Å². The van der Waals surface area contributed by atoms with Gasteiger partial charge >= 0.3 is 5.97 Å². The summed E-state index contributed by atoms with van der Waals surface area (Å²) in [6.45, 7) is 2.17. The third kappa shape index (κ3) is 3.56. The lowest BCUT2D eigenvalue weighted by Crippen LogP contribution is -2.16. The molecule has 2 unspecified atom stereocenters. The van der Waals surface area contributed by atoms with E-state index in [1.807, 2.05) is 0 Å². The first kappa shape index (κ1) is 14.5. The molecule has 2 rings (SSSR count). The Balaban J connectivity index is 1.95. The van der Waals surface area contributed by atoms with E-state index >= 15 is 0 Å². The second kappa shape index (κ2) is 6.03. The van der Waals surface area contributed by atoms with E-state index < -0.39 is 11.8 Å². The van der Waals surface area contributed by atoms with E-state index in [0.29, 0.717) is 18.3 Å². The normalized spacial score (nSPS) is 21.7. The van der Waals surface area contributed by atoms with Crippen LogP contribution in [0.2, 0.25) is 0 Å². The Morgan fingerprint density at radius 3 is 2.70 bits per heavy atom. The number of rotatable bonds is 4. The summed E-state index contributed by atoms with van der Waals surface area (Å²) in [5, 5.41) is 11.3. The Kier molecular flexibility index (Phi) is 4.37. The molecule has 0 heterocycles. The molecule has 0 bridgehead atoms. The van der Waals surface area contributed by atoms with Gasteiger partial charge in [0.1, 0.15) is 5.82 Å². The van der Waals surface area contributed by atoms with Crippen molar-refractivity contribution in [3.63, 3.8) is 0 Å². The maximum Gasteiger partial charge on any atom is 0.335 e. The minimum Gasteiger partial charge on any atom is -0.478 e. The number of carboxylic acid groups (broad SMARTS) is 1. The third-order valence-electron chi connectivity index (χ3n) is 3.77. The molecule has 1 aliphatic carbocycles. The number of hydrogen-bond acceptors (Lipinski definition) is 2. The standard InChI is InChI=1S/C15H18FNO3/c1-9-2-3-10(6-9)7-14(18)17-13-5-4-11(15(19)20)8-12(13)16/h4-5,8-10H,2-3,6-7H2,1H3,(H,17,18)(H,19,20). The monoisotopic (exact) mass is 279 g/mol. The van der Waals surface area contributed by atoms with E-state index in [9.17, 15) is 14.0 Å². The van der Waals surface area contributed by atoms with Gasteiger partial charge in [0.25, 0.3) is 0 Å². The zero-order chi connectivity index (χ0) is 14.7. The maximum absolute atomic E-state index is 13.7. The molecule has 1 aliphatic rings. The van der Waals surface area contributed by atoms with Crippen LogP contribution in [0.4, 0.5) is 10.1 Å². The number of halogens is 1. The Labute approximate surface area is 117 Å². The van der Waals surface area contributed by atoms with Crippen molar-refractivity contribution in [3.8, 4) is 0 Å². The zero-order valence-corrected chi connectivity index (χ0v) is 11.4. The molecule has 0 saturated heterocycles. The number of carboxylic acids is 1. The highest BCUT2D eigenvalue weighted by atomic mass is 19.1. The molecular formula is C15H18FNO3. The van der Waals surface area contributed by atoms with Crippen molar-refractivity contribution >= 4 is 17.6 Å². The number of anilines is 1. The molecule has 20 heavy (non-hydrogen) atoms. The van der Waals surface area contributed by atoms with E-state index in [2.05, 4.69) is 12.2 Å². The summed E-state index contributed by atoms with van der Waals surface area (Å²) in [6.07, 6.45) is 3.60. The van der Waals surface area contributed by atoms with Gasteiger partial charge in [-0.2, -0.15) is 0 Å². The molecule has 2 N–H and O–H groups in total. The third-order valence-corrected chi connectivity index (χ3v) is 3.77. The van der Waals surface area contributed by atoms with Crippen LogP contribution in [-0.4, -0.2) is 17.0 Å². The number of carbonyl (C=O) groups is 2. The quantitative estimate of drug-likeness (QED) is 0.888. The van der Waals surface area contributed by atoms with Crippen LogP contribution in [0.25, 0.3) is 0 Å². The highest BCUT2D eigenvalue weighted by Crippen LogP contribution is 2.32. The van der Waals surface area contributed by atoms with E-state index in [1.165, 1.54) is 12.1 Å². The fourth-order valence-electron chi connectivity index (χ4n) is 2.72. The van der Waals surface area contributed by atoms with Crippen LogP contribution in [0.5, 0.6) is 0 Å². The van der Waals surface area contributed by atoms with E-state index in [4.69, 9.17) is 5.11 Å². The summed E-state index contributed by atoms with van der Waals surface area (Å²) >= 11 is 0. The van der Waals surface area contributed by atoms with Crippen LogP contribution >= 0.6 is 0 Å². The summed E-state index contributed by atoms with van der Waals surface area (Å²) < 4.78 is 13.7. The molecule has 1 aromatic carbocycles. The van der Waals surface area contributed by atoms with Crippen LogP contribution in [0.15, 0.2) is 18.2 Å². The average molecular weight is 279 g/mol.